The van der Waals surface area contributed by atoms with Crippen LogP contribution in [0.5, 0.6) is 0 Å². The number of nitrogens with two attached hydrogens (primary N) is 4. The van der Waals surface area contributed by atoms with Crippen molar-refractivity contribution in [1.82, 2.24) is 52.5 Å². The second-order valence-electron chi connectivity index (χ2n) is 15.1. The third kappa shape index (κ3) is 18.9. The van der Waals surface area contributed by atoms with Crippen molar-refractivity contribution in [2.24, 2.45) is 27.9 Å². The lowest BCUT2D eigenvalue weighted by atomic mass is 10.0. The predicted octanol–water partition coefficient (Wildman–Crippen LogP) is -4.79. The summed E-state index contributed by atoms with van der Waals surface area (Å²) in [5, 5.41) is 20.7. The molecule has 0 saturated carbocycles. The third-order valence-corrected chi connectivity index (χ3v) is 9.91. The van der Waals surface area contributed by atoms with E-state index in [4.69, 9.17) is 22.9 Å². The summed E-state index contributed by atoms with van der Waals surface area (Å²) in [5.74, 6) is -7.08. The molecule has 2 aromatic rings. The van der Waals surface area contributed by atoms with Gasteiger partial charge in [0.05, 0.1) is 12.9 Å². The third-order valence-electron chi connectivity index (χ3n) is 9.91. The number of aromatic amines is 1. The molecule has 0 aliphatic carbocycles. The molecule has 1 fully saturated rings. The summed E-state index contributed by atoms with van der Waals surface area (Å²) in [5.41, 5.74) is 23.2. The van der Waals surface area contributed by atoms with E-state index in [1.54, 1.807) is 30.3 Å². The van der Waals surface area contributed by atoms with Gasteiger partial charge in [0, 0.05) is 51.2 Å². The van der Waals surface area contributed by atoms with Gasteiger partial charge in [0.2, 0.25) is 53.2 Å². The molecule has 1 aliphatic rings. The Kier molecular flexibility index (Phi) is 21.7. The Morgan fingerprint density at radius 3 is 2.16 bits per heavy atom. The van der Waals surface area contributed by atoms with Crippen LogP contribution in [0.15, 0.2) is 47.8 Å². The number of nitrogens with zero attached hydrogens (tertiary/aromatic N) is 2. The number of H-pyrrole nitrogens is 1. The number of guanidine groups is 1. The van der Waals surface area contributed by atoms with Crippen molar-refractivity contribution in [2.75, 3.05) is 26.2 Å². The monoisotopic (exact) mass is 895 g/mol. The lowest BCUT2D eigenvalue weighted by molar-refractivity contribution is -0.135. The van der Waals surface area contributed by atoms with Crippen LogP contribution in [0.2, 0.25) is 0 Å². The molecule has 64 heavy (non-hydrogen) atoms. The highest BCUT2D eigenvalue weighted by molar-refractivity contribution is 5.97. The molecule has 17 N–H and O–H groups in total. The minimum Gasteiger partial charge on any atom is -0.370 e. The van der Waals surface area contributed by atoms with E-state index < -0.39 is 96.0 Å². The molecule has 1 aliphatic heterocycles. The van der Waals surface area contributed by atoms with Crippen molar-refractivity contribution in [3.8, 4) is 0 Å². The summed E-state index contributed by atoms with van der Waals surface area (Å²) in [6.07, 6.45) is 2.98. The quantitative estimate of drug-likeness (QED) is 0.0380. The van der Waals surface area contributed by atoms with E-state index in [0.717, 1.165) is 0 Å². The van der Waals surface area contributed by atoms with Crippen LogP contribution in [0.3, 0.4) is 0 Å². The first-order valence-corrected chi connectivity index (χ1v) is 20.9. The second kappa shape index (κ2) is 27.1. The smallest absolute Gasteiger partial charge is 0.243 e. The molecule has 0 spiro atoms. The van der Waals surface area contributed by atoms with E-state index >= 15 is 0 Å². The van der Waals surface area contributed by atoms with Crippen LogP contribution in [0.1, 0.15) is 69.5 Å². The van der Waals surface area contributed by atoms with Gasteiger partial charge in [-0.2, -0.15) is 0 Å². The Hall–Kier alpha value is -7.11. The zero-order valence-corrected chi connectivity index (χ0v) is 35.8. The van der Waals surface area contributed by atoms with Gasteiger partial charge >= 0.3 is 0 Å². The van der Waals surface area contributed by atoms with Gasteiger partial charge < -0.3 is 70.5 Å². The fourth-order valence-electron chi connectivity index (χ4n) is 6.50. The predicted molar refractivity (Wildman–Crippen MR) is 232 cm³/mol. The standard InChI is InChI=1S/C40H61N15O9/c1-23(56)48-21-33(58)50-28-12-13-32(57)46-17-14-29(37(62)51-26(34(42)59)10-5-6-15-41)53-35(60)27(11-7-16-47-40(43)44)52-38(63)30(18-24-8-3-2-4-9-24)54-39(64)31(55-36(28)61)19-25-20-45-22-49-25/h2-4,8-9,20,22,26-31H,5-7,10-19,21,41H2,1H3,(H2,42,59)(H,45,49)(H,46,57)(H,48,56)(H,50,58)(H,51,62)(H,52,63)(H,53,60)(H,54,64)(H,55,61)(H4,43,44,47)/t26-,27-,28?,29?,30?,31-/m0/s1. The number of nitrogens with one attached hydrogen (secondary N) is 9. The first-order valence-electron chi connectivity index (χ1n) is 20.9. The molecule has 0 radical (unpaired) electrons. The maximum Gasteiger partial charge on any atom is 0.243 e. The van der Waals surface area contributed by atoms with Crippen molar-refractivity contribution in [2.45, 2.75) is 107 Å². The lowest BCUT2D eigenvalue weighted by Crippen LogP contribution is -2.60. The SMILES string of the molecule is CC(=O)NCC(=O)NC1CCC(=O)NCCC(C(=O)N[C@@H](CCCCN)C(N)=O)NC(=O)[C@H](CCCN=C(N)N)NC(=O)C(Cc2ccccc2)NC(=O)[C@H](Cc2cnc[nH]2)NC1=O. The summed E-state index contributed by atoms with van der Waals surface area (Å²) < 4.78 is 0. The fourth-order valence-corrected chi connectivity index (χ4v) is 6.50. The molecule has 2 heterocycles. The van der Waals surface area contributed by atoms with E-state index in [2.05, 4.69) is 57.5 Å². The Bertz CT molecular complexity index is 1930. The van der Waals surface area contributed by atoms with Gasteiger partial charge in [0.25, 0.3) is 0 Å². The summed E-state index contributed by atoms with van der Waals surface area (Å²) in [7, 11) is 0. The van der Waals surface area contributed by atoms with Gasteiger partial charge in [-0.05, 0) is 57.1 Å². The van der Waals surface area contributed by atoms with Crippen LogP contribution in [-0.2, 0) is 56.0 Å². The average molecular weight is 896 g/mol. The van der Waals surface area contributed by atoms with E-state index in [0.29, 0.717) is 30.6 Å². The van der Waals surface area contributed by atoms with Crippen molar-refractivity contribution in [3.63, 3.8) is 0 Å². The maximum absolute atomic E-state index is 14.3. The molecule has 1 saturated heterocycles. The number of imidazole rings is 1. The Morgan fingerprint density at radius 2 is 1.52 bits per heavy atom. The maximum atomic E-state index is 14.3. The van der Waals surface area contributed by atoms with Crippen LogP contribution in [0.25, 0.3) is 0 Å². The fraction of sp³-hybridized carbons (Fsp3) is 0.525. The van der Waals surface area contributed by atoms with E-state index in [1.165, 1.54) is 19.4 Å². The average Bonchev–Trinajstić information content (AvgIpc) is 3.77. The number of unbranched alkanes of at least 4 members (excludes halogenated alkanes) is 1. The van der Waals surface area contributed by atoms with Crippen LogP contribution in [-0.4, -0.2) is 132 Å². The van der Waals surface area contributed by atoms with Crippen molar-refractivity contribution in [3.05, 3.63) is 54.1 Å². The molecule has 350 valence electrons. The Balaban J connectivity index is 2.08. The van der Waals surface area contributed by atoms with E-state index in [1.807, 2.05) is 0 Å². The summed E-state index contributed by atoms with van der Waals surface area (Å²) in [6.45, 7) is 0.900. The van der Waals surface area contributed by atoms with Crippen molar-refractivity contribution < 1.29 is 43.2 Å². The minimum absolute atomic E-state index is 0.0536. The number of rotatable bonds is 18. The first-order chi connectivity index (χ1) is 30.6. The molecular weight excluding hydrogens is 835 g/mol. The highest BCUT2D eigenvalue weighted by atomic mass is 16.2. The van der Waals surface area contributed by atoms with Gasteiger partial charge in [-0.3, -0.25) is 48.1 Å². The zero-order valence-electron chi connectivity index (χ0n) is 35.8. The van der Waals surface area contributed by atoms with Crippen LogP contribution in [0, 0.1) is 0 Å². The number of carbonyl (C=O) groups is 9. The van der Waals surface area contributed by atoms with Crippen LogP contribution in [0.4, 0.5) is 0 Å². The number of aromatic nitrogens is 2. The number of aliphatic imine (C=N–C) groups is 1. The number of benzene rings is 1. The Labute approximate surface area is 369 Å². The molecule has 9 amide bonds. The molecule has 3 unspecified atom stereocenters. The van der Waals surface area contributed by atoms with Gasteiger partial charge in [-0.1, -0.05) is 30.3 Å². The molecule has 1 aromatic heterocycles. The summed E-state index contributed by atoms with van der Waals surface area (Å²) >= 11 is 0. The van der Waals surface area contributed by atoms with Gasteiger partial charge in [0.15, 0.2) is 5.96 Å². The molecular formula is C40H61N15O9. The summed E-state index contributed by atoms with van der Waals surface area (Å²) in [4.78, 5) is 131. The largest absolute Gasteiger partial charge is 0.370 e. The van der Waals surface area contributed by atoms with Gasteiger partial charge in [-0.15, -0.1) is 0 Å². The Morgan fingerprint density at radius 1 is 0.844 bits per heavy atom. The molecule has 24 heteroatoms. The van der Waals surface area contributed by atoms with Crippen LogP contribution >= 0.6 is 0 Å². The molecule has 1 aromatic carbocycles. The lowest BCUT2D eigenvalue weighted by Gasteiger charge is -2.27. The molecule has 0 bridgehead atoms. The zero-order chi connectivity index (χ0) is 47.0. The van der Waals surface area contributed by atoms with Crippen LogP contribution < -0.4 is 65.5 Å². The first kappa shape index (κ1) is 51.2. The van der Waals surface area contributed by atoms with Crippen molar-refractivity contribution >= 4 is 59.1 Å². The number of amides is 9. The molecule has 6 atom stereocenters. The van der Waals surface area contributed by atoms with E-state index in [-0.39, 0.29) is 70.4 Å². The second-order valence-corrected chi connectivity index (χ2v) is 15.1. The number of hydrogen-bond acceptors (Lipinski definition) is 12. The normalized spacial score (nSPS) is 20.8. The highest BCUT2D eigenvalue weighted by Gasteiger charge is 2.34. The van der Waals surface area contributed by atoms with Gasteiger partial charge in [-0.25, -0.2) is 4.98 Å². The van der Waals surface area contributed by atoms with Crippen molar-refractivity contribution in [1.29, 1.82) is 0 Å². The number of carbonyl (C=O) groups excluding carboxylic acids is 9. The molecule has 24 nitrogen and oxygen atoms in total. The molecule has 3 rings (SSSR count). The summed E-state index contributed by atoms with van der Waals surface area (Å²) in [6, 6.07) is 0.649. The van der Waals surface area contributed by atoms with Gasteiger partial charge in [0.1, 0.15) is 36.3 Å². The minimum atomic E-state index is -1.41. The van der Waals surface area contributed by atoms with E-state index in [9.17, 15) is 43.2 Å². The number of primary amides is 1. The highest BCUT2D eigenvalue weighted by Crippen LogP contribution is 2.10. The topological polar surface area (TPSA) is 395 Å². The number of hydrogen-bond donors (Lipinski definition) is 13.